The van der Waals surface area contributed by atoms with Gasteiger partial charge in [-0.05, 0) is 47.6 Å². The highest BCUT2D eigenvalue weighted by Gasteiger charge is 2.04. The third-order valence-electron chi connectivity index (χ3n) is 3.80. The second kappa shape index (κ2) is 5.61. The van der Waals surface area contributed by atoms with E-state index in [0.29, 0.717) is 5.69 Å². The second-order valence-corrected chi connectivity index (χ2v) is 5.31. The largest absolute Gasteiger partial charge is 0.264 e. The molecule has 23 heavy (non-hydrogen) atoms. The molecule has 0 spiro atoms. The van der Waals surface area contributed by atoms with Crippen molar-refractivity contribution < 1.29 is 4.11 Å². The van der Waals surface area contributed by atoms with Gasteiger partial charge in [-0.3, -0.25) is 4.98 Å². The molecule has 2 aromatic heterocycles. The second-order valence-electron chi connectivity index (χ2n) is 5.31. The fourth-order valence-corrected chi connectivity index (χ4v) is 2.64. The van der Waals surface area contributed by atoms with Gasteiger partial charge in [0.05, 0.1) is 5.69 Å². The molecule has 0 fully saturated rings. The van der Waals surface area contributed by atoms with Crippen molar-refractivity contribution in [2.24, 2.45) is 0 Å². The number of hydrogen-bond donors (Lipinski definition) is 0. The summed E-state index contributed by atoms with van der Waals surface area (Å²) in [6, 6.07) is 17.6. The Kier molecular flexibility index (Phi) is 2.59. The minimum atomic E-state index is -2.25. The van der Waals surface area contributed by atoms with E-state index >= 15 is 0 Å². The van der Waals surface area contributed by atoms with Gasteiger partial charge in [0, 0.05) is 33.1 Å². The number of fused-ring (bicyclic) bond motifs is 1. The lowest BCUT2D eigenvalue weighted by Crippen LogP contribution is -1.88. The van der Waals surface area contributed by atoms with E-state index in [2.05, 4.69) is 33.2 Å². The summed E-state index contributed by atoms with van der Waals surface area (Å²) in [5, 5.41) is 2.21. The zero-order chi connectivity index (χ0) is 18.1. The number of hydrogen-bond acceptors (Lipinski definition) is 3. The molecule has 3 nitrogen and oxygen atoms in total. The minimum absolute atomic E-state index is 0.0460. The summed E-state index contributed by atoms with van der Waals surface area (Å²) in [5.41, 5.74) is 3.58. The fraction of sp³-hybridized carbons (Fsp3) is 0.0500. The number of aromatic nitrogens is 3. The molecule has 2 aromatic carbocycles. The maximum Gasteiger partial charge on any atom is 0.116 e. The first-order valence-electron chi connectivity index (χ1n) is 8.78. The number of aryl methyl sites for hydroxylation is 1. The van der Waals surface area contributed by atoms with Crippen molar-refractivity contribution in [3.8, 4) is 22.4 Å². The molecule has 0 amide bonds. The summed E-state index contributed by atoms with van der Waals surface area (Å²) in [4.78, 5) is 12.3. The van der Waals surface area contributed by atoms with Crippen molar-refractivity contribution in [3.63, 3.8) is 0 Å². The molecular formula is C20H15N3. The quantitative estimate of drug-likeness (QED) is 0.540. The summed E-state index contributed by atoms with van der Waals surface area (Å²) in [7, 11) is 0. The van der Waals surface area contributed by atoms with Crippen molar-refractivity contribution in [3.05, 3.63) is 79.0 Å². The molecule has 0 N–H and O–H groups in total. The highest BCUT2D eigenvalue weighted by molar-refractivity contribution is 5.87. The van der Waals surface area contributed by atoms with Crippen LogP contribution in [0.5, 0.6) is 0 Å². The molecule has 4 rings (SSSR count). The summed E-state index contributed by atoms with van der Waals surface area (Å²) < 4.78 is 22.6. The number of pyridine rings is 1. The molecule has 0 aliphatic carbocycles. The smallest absolute Gasteiger partial charge is 0.116 e. The topological polar surface area (TPSA) is 38.7 Å². The third kappa shape index (κ3) is 2.69. The van der Waals surface area contributed by atoms with Crippen LogP contribution in [0.2, 0.25) is 0 Å². The van der Waals surface area contributed by atoms with Gasteiger partial charge in [-0.1, -0.05) is 30.3 Å². The molecule has 0 bridgehead atoms. The van der Waals surface area contributed by atoms with Crippen molar-refractivity contribution >= 4 is 10.8 Å². The van der Waals surface area contributed by atoms with Crippen LogP contribution in [-0.2, 0) is 0 Å². The Hall–Kier alpha value is -3.07. The van der Waals surface area contributed by atoms with Gasteiger partial charge in [-0.25, -0.2) is 9.97 Å². The monoisotopic (exact) mass is 300 g/mol. The van der Waals surface area contributed by atoms with E-state index in [1.54, 1.807) is 6.20 Å². The Morgan fingerprint density at radius 1 is 0.826 bits per heavy atom. The van der Waals surface area contributed by atoms with E-state index in [0.717, 1.165) is 27.5 Å². The van der Waals surface area contributed by atoms with Crippen LogP contribution in [0.25, 0.3) is 33.2 Å². The molecule has 3 heteroatoms. The molecule has 0 aliphatic heterocycles. The van der Waals surface area contributed by atoms with Crippen LogP contribution >= 0.6 is 0 Å². The van der Waals surface area contributed by atoms with Gasteiger partial charge in [0.25, 0.3) is 0 Å². The third-order valence-corrected chi connectivity index (χ3v) is 3.80. The number of rotatable bonds is 2. The molecule has 0 radical (unpaired) electrons. The fourth-order valence-electron chi connectivity index (χ4n) is 2.64. The van der Waals surface area contributed by atoms with Crippen LogP contribution < -0.4 is 0 Å². The van der Waals surface area contributed by atoms with Crippen molar-refractivity contribution in [1.82, 2.24) is 15.0 Å². The van der Waals surface area contributed by atoms with E-state index in [1.807, 2.05) is 36.5 Å². The van der Waals surface area contributed by atoms with Gasteiger partial charge >= 0.3 is 0 Å². The summed E-state index contributed by atoms with van der Waals surface area (Å²) in [6.07, 6.45) is 4.92. The van der Waals surface area contributed by atoms with E-state index in [1.165, 1.54) is 12.4 Å². The molecule has 2 heterocycles. The lowest BCUT2D eigenvalue weighted by molar-refractivity contribution is 1.11. The minimum Gasteiger partial charge on any atom is -0.264 e. The van der Waals surface area contributed by atoms with Crippen molar-refractivity contribution in [1.29, 1.82) is 0 Å². The van der Waals surface area contributed by atoms with Crippen LogP contribution in [-0.4, -0.2) is 15.0 Å². The first-order chi connectivity index (χ1) is 12.5. The standard InChI is InChI=1S/C20H15N3/c1-14-9-20(23-13-22-14)18-4-2-3-16(10-18)17-6-5-15-7-8-21-12-19(15)11-17/h2-13H,1H3/i1D3. The predicted molar refractivity (Wildman–Crippen MR) is 92.9 cm³/mol. The molecule has 4 aromatic rings. The van der Waals surface area contributed by atoms with E-state index in [9.17, 15) is 0 Å². The van der Waals surface area contributed by atoms with Crippen LogP contribution in [0.4, 0.5) is 0 Å². The first kappa shape index (κ1) is 10.6. The predicted octanol–water partition coefficient (Wildman–Crippen LogP) is 4.67. The van der Waals surface area contributed by atoms with E-state index < -0.39 is 6.85 Å². The lowest BCUT2D eigenvalue weighted by Gasteiger charge is -2.07. The van der Waals surface area contributed by atoms with Crippen LogP contribution in [0.3, 0.4) is 0 Å². The van der Waals surface area contributed by atoms with E-state index in [4.69, 9.17) is 4.11 Å². The van der Waals surface area contributed by atoms with Gasteiger partial charge in [0.2, 0.25) is 0 Å². The molecule has 0 atom stereocenters. The summed E-state index contributed by atoms with van der Waals surface area (Å²) in [6.45, 7) is -2.25. The molecule has 0 unspecified atom stereocenters. The molecule has 0 saturated heterocycles. The summed E-state index contributed by atoms with van der Waals surface area (Å²) in [5.74, 6) is 0. The Balaban J connectivity index is 1.77. The van der Waals surface area contributed by atoms with Crippen LogP contribution in [0.15, 0.2) is 73.3 Å². The van der Waals surface area contributed by atoms with Gasteiger partial charge in [-0.15, -0.1) is 0 Å². The highest BCUT2D eigenvalue weighted by atomic mass is 14.8. The van der Waals surface area contributed by atoms with Gasteiger partial charge in [0.15, 0.2) is 0 Å². The zero-order valence-electron chi connectivity index (χ0n) is 15.3. The highest BCUT2D eigenvalue weighted by Crippen LogP contribution is 2.27. The Bertz CT molecular complexity index is 1090. The maximum atomic E-state index is 7.52. The Morgan fingerprint density at radius 2 is 1.74 bits per heavy atom. The van der Waals surface area contributed by atoms with Gasteiger partial charge < -0.3 is 0 Å². The molecule has 110 valence electrons. The molecule has 0 aliphatic rings. The van der Waals surface area contributed by atoms with Crippen LogP contribution in [0.1, 0.15) is 9.81 Å². The lowest BCUT2D eigenvalue weighted by atomic mass is 9.99. The number of benzene rings is 2. The van der Waals surface area contributed by atoms with Gasteiger partial charge in [0.1, 0.15) is 6.33 Å². The van der Waals surface area contributed by atoms with Crippen molar-refractivity contribution in [2.75, 3.05) is 0 Å². The van der Waals surface area contributed by atoms with Crippen LogP contribution in [0, 0.1) is 6.85 Å². The number of nitrogens with zero attached hydrogens (tertiary/aromatic N) is 3. The molecular weight excluding hydrogens is 282 g/mol. The van der Waals surface area contributed by atoms with Gasteiger partial charge in [-0.2, -0.15) is 0 Å². The SMILES string of the molecule is [2H]C([2H])([2H])c1cc(-c2cccc(-c3ccc4ccncc4c3)c2)ncn1. The molecule has 0 saturated carbocycles. The average molecular weight is 300 g/mol. The maximum absolute atomic E-state index is 7.52. The average Bonchev–Trinajstić information content (AvgIpc) is 2.67. The Labute approximate surface area is 138 Å². The first-order valence-corrected chi connectivity index (χ1v) is 7.28. The van der Waals surface area contributed by atoms with E-state index in [-0.39, 0.29) is 5.69 Å². The van der Waals surface area contributed by atoms with Crippen molar-refractivity contribution in [2.45, 2.75) is 6.85 Å². The zero-order valence-corrected chi connectivity index (χ0v) is 12.3. The Morgan fingerprint density at radius 3 is 2.70 bits per heavy atom. The summed E-state index contributed by atoms with van der Waals surface area (Å²) >= 11 is 0. The normalized spacial score (nSPS) is 13.3.